The summed E-state index contributed by atoms with van der Waals surface area (Å²) < 4.78 is 37.3. The lowest BCUT2D eigenvalue weighted by Gasteiger charge is -2.34. The molecule has 116 valence electrons. The lowest BCUT2D eigenvalue weighted by atomic mass is 10.1. The van der Waals surface area contributed by atoms with Crippen molar-refractivity contribution >= 4 is 11.7 Å². The predicted octanol–water partition coefficient (Wildman–Crippen LogP) is 2.57. The normalized spacial score (nSPS) is 16.6. The van der Waals surface area contributed by atoms with Crippen LogP contribution in [0, 0.1) is 6.92 Å². The number of nitrogens with zero attached hydrogens (tertiary/aromatic N) is 1. The molecule has 0 atom stereocenters. The van der Waals surface area contributed by atoms with E-state index in [-0.39, 0.29) is 6.04 Å². The van der Waals surface area contributed by atoms with Crippen molar-refractivity contribution in [3.8, 4) is 0 Å². The summed E-state index contributed by atoms with van der Waals surface area (Å²) in [4.78, 5) is 15.8. The van der Waals surface area contributed by atoms with Crippen molar-refractivity contribution in [1.29, 1.82) is 0 Å². The van der Waals surface area contributed by atoms with E-state index in [1.807, 2.05) is 6.92 Å². The first-order valence-electron chi connectivity index (χ1n) is 6.73. The number of hydrogen-bond donors (Lipinski definition) is 1. The highest BCUT2D eigenvalue weighted by Gasteiger charge is 2.43. The second-order valence-corrected chi connectivity index (χ2v) is 5.02. The molecule has 1 aliphatic heterocycles. The molecular formula is C14H17F3N2O2. The molecule has 0 saturated carbocycles. The molecule has 1 aromatic carbocycles. The van der Waals surface area contributed by atoms with Crippen LogP contribution in [0.4, 0.5) is 18.9 Å². The molecule has 0 unspecified atom stereocenters. The molecule has 1 aliphatic rings. The van der Waals surface area contributed by atoms with Gasteiger partial charge in [-0.05, 0) is 45.0 Å². The molecule has 2 rings (SSSR count). The summed E-state index contributed by atoms with van der Waals surface area (Å²) >= 11 is 0. The van der Waals surface area contributed by atoms with Crippen molar-refractivity contribution in [2.75, 3.05) is 18.2 Å². The summed E-state index contributed by atoms with van der Waals surface area (Å²) in [5.74, 6) is -2.19. The first kappa shape index (κ1) is 15.6. The molecule has 0 spiro atoms. The van der Waals surface area contributed by atoms with Crippen molar-refractivity contribution in [2.45, 2.75) is 32.0 Å². The van der Waals surface area contributed by atoms with Crippen LogP contribution in [0.5, 0.6) is 0 Å². The molecule has 1 aromatic rings. The van der Waals surface area contributed by atoms with Gasteiger partial charge in [0, 0.05) is 0 Å². The summed E-state index contributed by atoms with van der Waals surface area (Å²) in [6.07, 6.45) is -3.78. The van der Waals surface area contributed by atoms with Gasteiger partial charge in [0.25, 0.3) is 0 Å². The zero-order valence-electron chi connectivity index (χ0n) is 11.6. The van der Waals surface area contributed by atoms with Gasteiger partial charge in [0.15, 0.2) is 0 Å². The second-order valence-electron chi connectivity index (χ2n) is 5.02. The number of halogens is 3. The molecule has 21 heavy (non-hydrogen) atoms. The number of carbonyl (C=O) groups is 1. The topological polar surface area (TPSA) is 41.6 Å². The number of nitrogens with one attached hydrogen (secondary N) is 1. The van der Waals surface area contributed by atoms with Crippen LogP contribution in [0.25, 0.3) is 0 Å². The molecule has 0 aliphatic carbocycles. The molecule has 0 aromatic heterocycles. The highest BCUT2D eigenvalue weighted by Crippen LogP contribution is 2.26. The Bertz CT molecular complexity index is 482. The van der Waals surface area contributed by atoms with E-state index in [1.165, 1.54) is 0 Å². The number of hydrogen-bond acceptors (Lipinski definition) is 4. The first-order chi connectivity index (χ1) is 9.88. The number of alkyl halides is 3. The van der Waals surface area contributed by atoms with Gasteiger partial charge in [0.05, 0.1) is 11.7 Å². The Morgan fingerprint density at radius 2 is 1.81 bits per heavy atom. The molecule has 1 heterocycles. The van der Waals surface area contributed by atoms with E-state index in [0.717, 1.165) is 10.6 Å². The summed E-state index contributed by atoms with van der Waals surface area (Å²) in [7, 11) is 0. The van der Waals surface area contributed by atoms with Crippen LogP contribution in [-0.4, -0.2) is 31.3 Å². The van der Waals surface area contributed by atoms with Crippen LogP contribution in [0.15, 0.2) is 24.3 Å². The Morgan fingerprint density at radius 3 is 2.33 bits per heavy atom. The van der Waals surface area contributed by atoms with Gasteiger partial charge in [-0.25, -0.2) is 9.86 Å². The van der Waals surface area contributed by atoms with E-state index in [4.69, 9.17) is 0 Å². The molecule has 1 fully saturated rings. The Morgan fingerprint density at radius 1 is 1.24 bits per heavy atom. The zero-order valence-corrected chi connectivity index (χ0v) is 11.6. The van der Waals surface area contributed by atoms with E-state index in [9.17, 15) is 18.0 Å². The fourth-order valence-corrected chi connectivity index (χ4v) is 2.21. The molecule has 0 amide bonds. The first-order valence-corrected chi connectivity index (χ1v) is 6.73. The smallest absolute Gasteiger partial charge is 0.332 e. The number of carbonyl (C=O) groups excluding carboxylic acids is 1. The second kappa shape index (κ2) is 6.34. The molecule has 0 radical (unpaired) electrons. The van der Waals surface area contributed by atoms with Gasteiger partial charge in [0.1, 0.15) is 0 Å². The third kappa shape index (κ3) is 4.10. The van der Waals surface area contributed by atoms with Gasteiger partial charge in [0.2, 0.25) is 0 Å². The fraction of sp³-hybridized carbons (Fsp3) is 0.500. The zero-order chi connectivity index (χ0) is 15.5. The van der Waals surface area contributed by atoms with Crippen molar-refractivity contribution in [3.63, 3.8) is 0 Å². The highest BCUT2D eigenvalue weighted by atomic mass is 19.4. The summed E-state index contributed by atoms with van der Waals surface area (Å²) in [6.45, 7) is 3.23. The maximum atomic E-state index is 12.4. The average Bonchev–Trinajstić information content (AvgIpc) is 2.45. The Hall–Kier alpha value is -1.76. The SMILES string of the molecule is Cc1ccc(N(OC(=O)C(F)(F)F)C2CCNCC2)cc1. The maximum Gasteiger partial charge on any atom is 0.493 e. The average molecular weight is 302 g/mol. The Kier molecular flexibility index (Phi) is 4.72. The van der Waals surface area contributed by atoms with Crippen LogP contribution < -0.4 is 10.4 Å². The third-order valence-electron chi connectivity index (χ3n) is 3.34. The largest absolute Gasteiger partial charge is 0.493 e. The van der Waals surface area contributed by atoms with Gasteiger partial charge in [-0.3, -0.25) is 0 Å². The van der Waals surface area contributed by atoms with Gasteiger partial charge >= 0.3 is 12.1 Å². The summed E-state index contributed by atoms with van der Waals surface area (Å²) in [6, 6.07) is 6.58. The van der Waals surface area contributed by atoms with Crippen molar-refractivity contribution in [2.24, 2.45) is 0 Å². The minimum Gasteiger partial charge on any atom is -0.332 e. The van der Waals surface area contributed by atoms with Gasteiger partial charge < -0.3 is 10.2 Å². The number of piperidine rings is 1. The minimum absolute atomic E-state index is 0.264. The monoisotopic (exact) mass is 302 g/mol. The Balaban J connectivity index is 2.21. The predicted molar refractivity (Wildman–Crippen MR) is 71.7 cm³/mol. The number of benzene rings is 1. The van der Waals surface area contributed by atoms with Crippen LogP contribution >= 0.6 is 0 Å². The fourth-order valence-electron chi connectivity index (χ4n) is 2.21. The Labute approximate surface area is 120 Å². The van der Waals surface area contributed by atoms with Gasteiger partial charge in [-0.2, -0.15) is 13.2 Å². The minimum atomic E-state index is -5.00. The molecule has 7 heteroatoms. The van der Waals surface area contributed by atoms with E-state index in [0.29, 0.717) is 31.6 Å². The number of aryl methyl sites for hydroxylation is 1. The molecular weight excluding hydrogens is 285 g/mol. The lowest BCUT2D eigenvalue weighted by Crippen LogP contribution is -2.46. The molecule has 1 N–H and O–H groups in total. The summed E-state index contributed by atoms with van der Waals surface area (Å²) in [5.41, 5.74) is 1.43. The highest BCUT2D eigenvalue weighted by molar-refractivity contribution is 5.76. The maximum absolute atomic E-state index is 12.4. The standard InChI is InChI=1S/C14H17F3N2O2/c1-10-2-4-11(5-3-10)19(12-6-8-18-9-7-12)21-13(20)14(15,16)17/h2-5,12,18H,6-9H2,1H3. The van der Waals surface area contributed by atoms with Crippen LogP contribution in [0.2, 0.25) is 0 Å². The van der Waals surface area contributed by atoms with E-state index in [1.54, 1.807) is 24.3 Å². The van der Waals surface area contributed by atoms with Crippen molar-refractivity contribution in [3.05, 3.63) is 29.8 Å². The van der Waals surface area contributed by atoms with Crippen molar-refractivity contribution in [1.82, 2.24) is 5.32 Å². The quantitative estimate of drug-likeness (QED) is 0.871. The number of rotatable bonds is 3. The van der Waals surface area contributed by atoms with Crippen LogP contribution in [0.1, 0.15) is 18.4 Å². The molecule has 0 bridgehead atoms. The third-order valence-corrected chi connectivity index (χ3v) is 3.34. The van der Waals surface area contributed by atoms with E-state index < -0.39 is 12.1 Å². The van der Waals surface area contributed by atoms with E-state index >= 15 is 0 Å². The van der Waals surface area contributed by atoms with Gasteiger partial charge in [-0.15, -0.1) is 0 Å². The van der Waals surface area contributed by atoms with E-state index in [2.05, 4.69) is 10.2 Å². The van der Waals surface area contributed by atoms with Gasteiger partial charge in [-0.1, -0.05) is 17.7 Å². The summed E-state index contributed by atoms with van der Waals surface area (Å²) in [5, 5.41) is 4.22. The number of hydroxylamine groups is 1. The van der Waals surface area contributed by atoms with Crippen molar-refractivity contribution < 1.29 is 22.8 Å². The number of anilines is 1. The van der Waals surface area contributed by atoms with Crippen LogP contribution in [0.3, 0.4) is 0 Å². The van der Waals surface area contributed by atoms with Crippen LogP contribution in [-0.2, 0) is 9.63 Å². The molecule has 1 saturated heterocycles. The molecule has 4 nitrogen and oxygen atoms in total. The lowest BCUT2D eigenvalue weighted by molar-refractivity contribution is -0.202.